The van der Waals surface area contributed by atoms with Gasteiger partial charge in [-0.1, -0.05) is 23.4 Å². The van der Waals surface area contributed by atoms with Gasteiger partial charge in [-0.3, -0.25) is 4.79 Å². The number of para-hydroxylation sites is 1. The molecule has 90 valence electrons. The summed E-state index contributed by atoms with van der Waals surface area (Å²) in [7, 11) is 0. The number of benzene rings is 1. The molecule has 1 amide bonds. The van der Waals surface area contributed by atoms with Gasteiger partial charge in [0.1, 0.15) is 0 Å². The van der Waals surface area contributed by atoms with Crippen LogP contribution in [0.4, 0.5) is 5.69 Å². The lowest BCUT2D eigenvalue weighted by molar-refractivity contribution is -0.116. The van der Waals surface area contributed by atoms with E-state index in [0.717, 1.165) is 18.4 Å². The first-order valence-corrected chi connectivity index (χ1v) is 5.78. The van der Waals surface area contributed by atoms with Crippen molar-refractivity contribution in [1.29, 1.82) is 0 Å². The number of hydrogen-bond donors (Lipinski definition) is 2. The van der Waals surface area contributed by atoms with Gasteiger partial charge in [0.15, 0.2) is 0 Å². The van der Waals surface area contributed by atoms with E-state index in [1.807, 2.05) is 24.3 Å². The topological polar surface area (TPSA) is 61.7 Å². The van der Waals surface area contributed by atoms with Crippen molar-refractivity contribution in [1.82, 2.24) is 0 Å². The molecule has 4 heteroatoms. The predicted molar refractivity (Wildman–Crippen MR) is 66.4 cm³/mol. The molecule has 0 saturated heterocycles. The van der Waals surface area contributed by atoms with Gasteiger partial charge in [-0.25, -0.2) is 0 Å². The summed E-state index contributed by atoms with van der Waals surface area (Å²) in [6.45, 7) is 1.70. The second-order valence-electron chi connectivity index (χ2n) is 4.43. The van der Waals surface area contributed by atoms with Crippen LogP contribution in [0.25, 0.3) is 0 Å². The molecule has 0 radical (unpaired) electrons. The van der Waals surface area contributed by atoms with Gasteiger partial charge >= 0.3 is 0 Å². The Morgan fingerprint density at radius 2 is 2.18 bits per heavy atom. The number of amides is 1. The van der Waals surface area contributed by atoms with Crippen LogP contribution < -0.4 is 5.32 Å². The number of nitrogens with one attached hydrogen (secondary N) is 1. The normalized spacial score (nSPS) is 15.7. The molecule has 0 aliphatic heterocycles. The summed E-state index contributed by atoms with van der Waals surface area (Å²) < 4.78 is 0. The van der Waals surface area contributed by atoms with Gasteiger partial charge < -0.3 is 10.5 Å². The Balaban J connectivity index is 2.11. The fourth-order valence-electron chi connectivity index (χ4n) is 1.75. The maximum atomic E-state index is 11.7. The summed E-state index contributed by atoms with van der Waals surface area (Å²) in [6.07, 6.45) is 2.90. The standard InChI is InChI=1S/C13H16N2O2/c1-9(15-17)11-4-2-3-5-12(11)14-13(16)8-10-6-7-10/h2-5,10,17H,6-8H2,1H3,(H,14,16)/b15-9-. The van der Waals surface area contributed by atoms with E-state index in [9.17, 15) is 4.79 Å². The molecular weight excluding hydrogens is 216 g/mol. The Bertz CT molecular complexity index is 450. The van der Waals surface area contributed by atoms with Crippen LogP contribution in [0.15, 0.2) is 29.4 Å². The molecule has 2 rings (SSSR count). The van der Waals surface area contributed by atoms with Crippen LogP contribution in [-0.4, -0.2) is 16.8 Å². The lowest BCUT2D eigenvalue weighted by Crippen LogP contribution is -2.14. The lowest BCUT2D eigenvalue weighted by atomic mass is 10.1. The molecule has 0 heterocycles. The highest BCUT2D eigenvalue weighted by atomic mass is 16.4. The Morgan fingerprint density at radius 3 is 2.82 bits per heavy atom. The Labute approximate surface area is 100 Å². The number of carbonyl (C=O) groups excluding carboxylic acids is 1. The summed E-state index contributed by atoms with van der Waals surface area (Å²) >= 11 is 0. The zero-order valence-electron chi connectivity index (χ0n) is 9.81. The van der Waals surface area contributed by atoms with Gasteiger partial charge in [0.25, 0.3) is 0 Å². The van der Waals surface area contributed by atoms with Crippen LogP contribution in [0.1, 0.15) is 31.7 Å². The number of carbonyl (C=O) groups is 1. The van der Waals surface area contributed by atoms with Gasteiger partial charge in [0, 0.05) is 17.7 Å². The molecule has 2 N–H and O–H groups in total. The molecular formula is C13H16N2O2. The SMILES string of the molecule is C/C(=N/O)c1ccccc1NC(=O)CC1CC1. The highest BCUT2D eigenvalue weighted by Crippen LogP contribution is 2.32. The molecule has 1 aromatic carbocycles. The van der Waals surface area contributed by atoms with Crippen molar-refractivity contribution in [2.24, 2.45) is 11.1 Å². The summed E-state index contributed by atoms with van der Waals surface area (Å²) in [4.78, 5) is 11.7. The molecule has 1 saturated carbocycles. The summed E-state index contributed by atoms with van der Waals surface area (Å²) in [5.41, 5.74) is 1.94. The van der Waals surface area contributed by atoms with Gasteiger partial charge in [0.05, 0.1) is 5.71 Å². The first kappa shape index (κ1) is 11.6. The van der Waals surface area contributed by atoms with Crippen LogP contribution in [0.2, 0.25) is 0 Å². The molecule has 0 aromatic heterocycles. The van der Waals surface area contributed by atoms with E-state index in [1.54, 1.807) is 6.92 Å². The Kier molecular flexibility index (Phi) is 3.42. The largest absolute Gasteiger partial charge is 0.411 e. The quantitative estimate of drug-likeness (QED) is 0.476. The van der Waals surface area contributed by atoms with Crippen molar-refractivity contribution in [2.45, 2.75) is 26.2 Å². The first-order valence-electron chi connectivity index (χ1n) is 5.78. The predicted octanol–water partition coefficient (Wildman–Crippen LogP) is 2.62. The van der Waals surface area contributed by atoms with Gasteiger partial charge in [0.2, 0.25) is 5.91 Å². The summed E-state index contributed by atoms with van der Waals surface area (Å²) in [5, 5.41) is 14.8. The monoisotopic (exact) mass is 232 g/mol. The van der Waals surface area contributed by atoms with Gasteiger partial charge in [-0.05, 0) is 31.7 Å². The second kappa shape index (κ2) is 4.99. The molecule has 1 aliphatic rings. The van der Waals surface area contributed by atoms with E-state index in [2.05, 4.69) is 10.5 Å². The van der Waals surface area contributed by atoms with E-state index >= 15 is 0 Å². The third-order valence-corrected chi connectivity index (χ3v) is 2.91. The van der Waals surface area contributed by atoms with Crippen molar-refractivity contribution in [3.8, 4) is 0 Å². The van der Waals surface area contributed by atoms with Crippen LogP contribution >= 0.6 is 0 Å². The van der Waals surface area contributed by atoms with E-state index in [1.165, 1.54) is 0 Å². The Morgan fingerprint density at radius 1 is 1.47 bits per heavy atom. The van der Waals surface area contributed by atoms with E-state index in [0.29, 0.717) is 23.7 Å². The average molecular weight is 232 g/mol. The van der Waals surface area contributed by atoms with Crippen molar-refractivity contribution in [3.63, 3.8) is 0 Å². The van der Waals surface area contributed by atoms with Crippen LogP contribution in [0.5, 0.6) is 0 Å². The first-order chi connectivity index (χ1) is 8.20. The molecule has 0 unspecified atom stereocenters. The minimum absolute atomic E-state index is 0.0330. The zero-order chi connectivity index (χ0) is 12.3. The number of nitrogens with zero attached hydrogens (tertiary/aromatic N) is 1. The van der Waals surface area contributed by atoms with Gasteiger partial charge in [-0.15, -0.1) is 0 Å². The molecule has 0 bridgehead atoms. The number of anilines is 1. The van der Waals surface area contributed by atoms with Crippen LogP contribution in [-0.2, 0) is 4.79 Å². The highest BCUT2D eigenvalue weighted by molar-refractivity contribution is 6.06. The van der Waals surface area contributed by atoms with E-state index in [-0.39, 0.29) is 5.91 Å². The highest BCUT2D eigenvalue weighted by Gasteiger charge is 2.24. The minimum Gasteiger partial charge on any atom is -0.411 e. The zero-order valence-corrected chi connectivity index (χ0v) is 9.81. The van der Waals surface area contributed by atoms with Crippen molar-refractivity contribution < 1.29 is 10.0 Å². The molecule has 4 nitrogen and oxygen atoms in total. The minimum atomic E-state index is 0.0330. The van der Waals surface area contributed by atoms with Crippen LogP contribution in [0, 0.1) is 5.92 Å². The average Bonchev–Trinajstić information content (AvgIpc) is 3.12. The third-order valence-electron chi connectivity index (χ3n) is 2.91. The maximum Gasteiger partial charge on any atom is 0.224 e. The number of rotatable bonds is 4. The molecule has 17 heavy (non-hydrogen) atoms. The molecule has 0 atom stereocenters. The number of hydrogen-bond acceptors (Lipinski definition) is 3. The summed E-state index contributed by atoms with van der Waals surface area (Å²) in [5.74, 6) is 0.598. The maximum absolute atomic E-state index is 11.7. The van der Waals surface area contributed by atoms with Crippen molar-refractivity contribution in [2.75, 3.05) is 5.32 Å². The van der Waals surface area contributed by atoms with Crippen molar-refractivity contribution >= 4 is 17.3 Å². The fourth-order valence-corrected chi connectivity index (χ4v) is 1.75. The molecule has 0 spiro atoms. The lowest BCUT2D eigenvalue weighted by Gasteiger charge is -2.09. The second-order valence-corrected chi connectivity index (χ2v) is 4.43. The van der Waals surface area contributed by atoms with Crippen LogP contribution in [0.3, 0.4) is 0 Å². The number of oxime groups is 1. The molecule has 1 fully saturated rings. The Hall–Kier alpha value is -1.84. The van der Waals surface area contributed by atoms with Crippen molar-refractivity contribution in [3.05, 3.63) is 29.8 Å². The fraction of sp³-hybridized carbons (Fsp3) is 0.385. The molecule has 1 aliphatic carbocycles. The smallest absolute Gasteiger partial charge is 0.224 e. The van der Waals surface area contributed by atoms with E-state index in [4.69, 9.17) is 5.21 Å². The third kappa shape index (κ3) is 3.06. The summed E-state index contributed by atoms with van der Waals surface area (Å²) in [6, 6.07) is 7.33. The van der Waals surface area contributed by atoms with Gasteiger partial charge in [-0.2, -0.15) is 0 Å². The van der Waals surface area contributed by atoms with E-state index < -0.39 is 0 Å². The molecule has 1 aromatic rings.